The van der Waals surface area contributed by atoms with Crippen LogP contribution in [0.1, 0.15) is 34.8 Å². The highest BCUT2D eigenvalue weighted by Crippen LogP contribution is 2.32. The Balaban J connectivity index is 1.75. The fraction of sp³-hybridized carbons (Fsp3) is 0.368. The van der Waals surface area contributed by atoms with E-state index >= 15 is 0 Å². The third-order valence-electron chi connectivity index (χ3n) is 4.81. The summed E-state index contributed by atoms with van der Waals surface area (Å²) in [5.41, 5.74) is 1.28. The summed E-state index contributed by atoms with van der Waals surface area (Å²) in [6, 6.07) is 9.11. The fourth-order valence-corrected chi connectivity index (χ4v) is 6.16. The highest BCUT2D eigenvalue weighted by atomic mass is 32.2. The lowest BCUT2D eigenvalue weighted by molar-refractivity contribution is 0.601. The maximum atomic E-state index is 13.0. The molecule has 0 aliphatic carbocycles. The van der Waals surface area contributed by atoms with Crippen molar-refractivity contribution < 1.29 is 8.42 Å². The van der Waals surface area contributed by atoms with Crippen molar-refractivity contribution in [3.8, 4) is 11.4 Å². The van der Waals surface area contributed by atoms with E-state index in [1.165, 1.54) is 17.8 Å². The van der Waals surface area contributed by atoms with Crippen LogP contribution in [0.2, 0.25) is 0 Å². The summed E-state index contributed by atoms with van der Waals surface area (Å²) >= 11 is 1.48. The minimum absolute atomic E-state index is 0.333. The third kappa shape index (κ3) is 3.51. The maximum absolute atomic E-state index is 13.0. The smallest absolute Gasteiger partial charge is 0.263 e. The molecule has 0 amide bonds. The lowest BCUT2D eigenvalue weighted by Gasteiger charge is -2.13. The maximum Gasteiger partial charge on any atom is 0.263 e. The number of aromatic nitrogens is 3. The lowest BCUT2D eigenvalue weighted by atomic mass is 10.1. The average Bonchev–Trinajstić information content (AvgIpc) is 3.09. The van der Waals surface area contributed by atoms with Crippen LogP contribution in [0.15, 0.2) is 35.2 Å². The number of hydrogen-bond donors (Lipinski definition) is 1. The van der Waals surface area contributed by atoms with Crippen LogP contribution in [-0.4, -0.2) is 23.2 Å². The first-order valence-electron chi connectivity index (χ1n) is 9.07. The summed E-state index contributed by atoms with van der Waals surface area (Å²) < 4.78 is 30.8. The van der Waals surface area contributed by atoms with Gasteiger partial charge in [0.15, 0.2) is 5.82 Å². The van der Waals surface area contributed by atoms with Crippen molar-refractivity contribution in [3.63, 3.8) is 0 Å². The molecule has 0 spiro atoms. The van der Waals surface area contributed by atoms with Gasteiger partial charge in [-0.15, -0.1) is 21.5 Å². The second-order valence-corrected chi connectivity index (χ2v) is 9.94. The van der Waals surface area contributed by atoms with Crippen LogP contribution < -0.4 is 4.72 Å². The average molecular weight is 403 g/mol. The molecule has 2 aromatic heterocycles. The van der Waals surface area contributed by atoms with Crippen molar-refractivity contribution in [2.75, 3.05) is 4.72 Å². The number of rotatable bonds is 4. The van der Waals surface area contributed by atoms with Gasteiger partial charge < -0.3 is 4.57 Å². The van der Waals surface area contributed by atoms with Gasteiger partial charge in [0.25, 0.3) is 10.0 Å². The van der Waals surface area contributed by atoms with Crippen LogP contribution in [0.4, 0.5) is 5.69 Å². The van der Waals surface area contributed by atoms with Crippen LogP contribution >= 0.6 is 11.3 Å². The summed E-state index contributed by atoms with van der Waals surface area (Å²) in [4.78, 5) is 2.10. The molecule has 3 aromatic rings. The highest BCUT2D eigenvalue weighted by Gasteiger charge is 2.23. The Bertz CT molecular complexity index is 1080. The minimum atomic E-state index is -3.66. The molecular weight excluding hydrogens is 380 g/mol. The molecule has 1 aliphatic heterocycles. The largest absolute Gasteiger partial charge is 0.311 e. The Morgan fingerprint density at radius 1 is 1.11 bits per heavy atom. The van der Waals surface area contributed by atoms with Gasteiger partial charge in [-0.1, -0.05) is 18.6 Å². The van der Waals surface area contributed by atoms with Gasteiger partial charge in [-0.05, 0) is 44.9 Å². The second kappa shape index (κ2) is 7.09. The standard InChI is InChI=1S/C19H22N4O2S2/c1-13-12-17(14(2)26-13)27(24,25)22-16-9-6-5-8-15(16)19-21-20-18-10-4-3-7-11-23(18)19/h5-6,8-9,12,22H,3-4,7,10-11H2,1-2H3. The fourth-order valence-electron chi connectivity index (χ4n) is 3.53. The van der Waals surface area contributed by atoms with E-state index in [1.807, 2.05) is 32.0 Å². The van der Waals surface area contributed by atoms with Crippen LogP contribution in [0.25, 0.3) is 11.4 Å². The van der Waals surface area contributed by atoms with E-state index in [4.69, 9.17) is 0 Å². The molecule has 27 heavy (non-hydrogen) atoms. The molecule has 0 bridgehead atoms. The van der Waals surface area contributed by atoms with Gasteiger partial charge >= 0.3 is 0 Å². The number of nitrogens with zero attached hydrogens (tertiary/aromatic N) is 3. The van der Waals surface area contributed by atoms with Crippen LogP contribution in [0.5, 0.6) is 0 Å². The molecule has 0 atom stereocenters. The van der Waals surface area contributed by atoms with Crippen molar-refractivity contribution in [1.29, 1.82) is 0 Å². The molecule has 4 rings (SSSR count). The first-order valence-corrected chi connectivity index (χ1v) is 11.4. The zero-order valence-electron chi connectivity index (χ0n) is 15.4. The van der Waals surface area contributed by atoms with Crippen molar-refractivity contribution in [2.24, 2.45) is 0 Å². The highest BCUT2D eigenvalue weighted by molar-refractivity contribution is 7.93. The Kier molecular flexibility index (Phi) is 4.77. The predicted molar refractivity (Wildman–Crippen MR) is 108 cm³/mol. The Morgan fingerprint density at radius 3 is 2.70 bits per heavy atom. The molecule has 0 radical (unpaired) electrons. The summed E-state index contributed by atoms with van der Waals surface area (Å²) in [6.45, 7) is 4.61. The first-order chi connectivity index (χ1) is 13.0. The Hall–Kier alpha value is -2.19. The normalized spacial score (nSPS) is 14.6. The van der Waals surface area contributed by atoms with E-state index in [-0.39, 0.29) is 0 Å². The molecular formula is C19H22N4O2S2. The van der Waals surface area contributed by atoms with E-state index in [0.29, 0.717) is 10.6 Å². The van der Waals surface area contributed by atoms with E-state index < -0.39 is 10.0 Å². The molecule has 1 N–H and O–H groups in total. The Labute approximate surface area is 163 Å². The molecule has 1 aliphatic rings. The van der Waals surface area contributed by atoms with Gasteiger partial charge in [0.1, 0.15) is 10.7 Å². The quantitative estimate of drug-likeness (QED) is 0.711. The number of benzene rings is 1. The second-order valence-electron chi connectivity index (χ2n) is 6.83. The van der Waals surface area contributed by atoms with Gasteiger partial charge in [-0.25, -0.2) is 8.42 Å². The first kappa shape index (κ1) is 18.2. The van der Waals surface area contributed by atoms with Crippen LogP contribution in [0.3, 0.4) is 0 Å². The summed E-state index contributed by atoms with van der Waals surface area (Å²) in [6.07, 6.45) is 4.28. The summed E-state index contributed by atoms with van der Waals surface area (Å²) in [5, 5.41) is 8.72. The molecule has 3 heterocycles. The molecule has 0 fully saturated rings. The molecule has 0 saturated heterocycles. The topological polar surface area (TPSA) is 76.9 Å². The number of hydrogen-bond acceptors (Lipinski definition) is 5. The zero-order valence-corrected chi connectivity index (χ0v) is 17.0. The third-order valence-corrected chi connectivity index (χ3v) is 7.39. The van der Waals surface area contributed by atoms with Crippen molar-refractivity contribution in [1.82, 2.24) is 14.8 Å². The number of sulfonamides is 1. The molecule has 0 unspecified atom stereocenters. The van der Waals surface area contributed by atoms with E-state index in [2.05, 4.69) is 19.5 Å². The minimum Gasteiger partial charge on any atom is -0.311 e. The monoisotopic (exact) mass is 402 g/mol. The van der Waals surface area contributed by atoms with Gasteiger partial charge in [0, 0.05) is 28.3 Å². The molecule has 1 aromatic carbocycles. The van der Waals surface area contributed by atoms with Gasteiger partial charge in [0.05, 0.1) is 5.69 Å². The number of aryl methyl sites for hydroxylation is 3. The van der Waals surface area contributed by atoms with E-state index in [1.54, 1.807) is 12.1 Å². The van der Waals surface area contributed by atoms with Crippen molar-refractivity contribution in [2.45, 2.75) is 51.0 Å². The van der Waals surface area contributed by atoms with Crippen LogP contribution in [-0.2, 0) is 23.0 Å². The number of thiophene rings is 1. The molecule has 142 valence electrons. The SMILES string of the molecule is Cc1cc(S(=O)(=O)Nc2ccccc2-c2nnc3n2CCCCC3)c(C)s1. The van der Waals surface area contributed by atoms with Gasteiger partial charge in [0.2, 0.25) is 0 Å². The molecule has 0 saturated carbocycles. The number of nitrogens with one attached hydrogen (secondary N) is 1. The summed E-state index contributed by atoms with van der Waals surface area (Å²) in [5.74, 6) is 1.70. The summed E-state index contributed by atoms with van der Waals surface area (Å²) in [7, 11) is -3.66. The van der Waals surface area contributed by atoms with Crippen LogP contribution in [0, 0.1) is 13.8 Å². The van der Waals surface area contributed by atoms with Crippen molar-refractivity contribution >= 4 is 27.0 Å². The van der Waals surface area contributed by atoms with Gasteiger partial charge in [-0.3, -0.25) is 4.72 Å². The Morgan fingerprint density at radius 2 is 1.93 bits per heavy atom. The number of anilines is 1. The number of para-hydroxylation sites is 1. The number of fused-ring (bicyclic) bond motifs is 1. The zero-order chi connectivity index (χ0) is 19.0. The van der Waals surface area contributed by atoms with E-state index in [9.17, 15) is 8.42 Å². The predicted octanol–water partition coefficient (Wildman–Crippen LogP) is 4.15. The van der Waals surface area contributed by atoms with Crippen molar-refractivity contribution in [3.05, 3.63) is 45.9 Å². The molecule has 6 nitrogen and oxygen atoms in total. The lowest BCUT2D eigenvalue weighted by Crippen LogP contribution is -2.14. The van der Waals surface area contributed by atoms with E-state index in [0.717, 1.165) is 52.8 Å². The molecule has 8 heteroatoms. The van der Waals surface area contributed by atoms with Gasteiger partial charge in [-0.2, -0.15) is 0 Å².